The van der Waals surface area contributed by atoms with E-state index in [1.54, 1.807) is 7.11 Å². The highest BCUT2D eigenvalue weighted by Gasteiger charge is 2.33. The lowest BCUT2D eigenvalue weighted by Gasteiger charge is -2.29. The third kappa shape index (κ3) is 3.42. The molecule has 0 radical (unpaired) electrons. The average Bonchev–Trinajstić information content (AvgIpc) is 3.25. The van der Waals surface area contributed by atoms with Crippen molar-refractivity contribution in [2.45, 2.75) is 39.7 Å². The van der Waals surface area contributed by atoms with Gasteiger partial charge in [0.1, 0.15) is 0 Å². The minimum atomic E-state index is -0.0448. The summed E-state index contributed by atoms with van der Waals surface area (Å²) >= 11 is 0. The molecule has 0 saturated heterocycles. The second-order valence-electron chi connectivity index (χ2n) is 7.74. The summed E-state index contributed by atoms with van der Waals surface area (Å²) in [6.07, 6.45) is 1.84. The van der Waals surface area contributed by atoms with E-state index in [1.165, 1.54) is 0 Å². The Kier molecular flexibility index (Phi) is 5.12. The van der Waals surface area contributed by atoms with Crippen LogP contribution in [0.2, 0.25) is 0 Å². The molecule has 1 amide bonds. The molecule has 8 nitrogen and oxygen atoms in total. The summed E-state index contributed by atoms with van der Waals surface area (Å²) in [5.74, 6) is 1.82. The Hall–Kier alpha value is -2.74. The van der Waals surface area contributed by atoms with Crippen molar-refractivity contribution in [3.63, 3.8) is 0 Å². The van der Waals surface area contributed by atoms with Gasteiger partial charge >= 0.3 is 0 Å². The van der Waals surface area contributed by atoms with Gasteiger partial charge in [-0.25, -0.2) is 0 Å². The van der Waals surface area contributed by atoms with Crippen LogP contribution in [0.4, 0.5) is 5.69 Å². The highest BCUT2D eigenvalue weighted by Crippen LogP contribution is 2.52. The van der Waals surface area contributed by atoms with Crippen LogP contribution in [-0.2, 0) is 31.2 Å². The highest BCUT2D eigenvalue weighted by molar-refractivity contribution is 5.95. The molecule has 1 aromatic heterocycles. The van der Waals surface area contributed by atoms with Crippen molar-refractivity contribution < 1.29 is 19.0 Å². The van der Waals surface area contributed by atoms with Crippen LogP contribution in [0.5, 0.6) is 17.2 Å². The van der Waals surface area contributed by atoms with Crippen molar-refractivity contribution in [3.05, 3.63) is 28.1 Å². The molecule has 0 unspecified atom stereocenters. The van der Waals surface area contributed by atoms with E-state index in [2.05, 4.69) is 22.4 Å². The highest BCUT2D eigenvalue weighted by atomic mass is 16.7. The summed E-state index contributed by atoms with van der Waals surface area (Å²) in [6.45, 7) is 5.79. The number of anilines is 1. The molecule has 4 rings (SSSR count). The fourth-order valence-corrected chi connectivity index (χ4v) is 4.26. The van der Waals surface area contributed by atoms with Gasteiger partial charge in [-0.05, 0) is 44.9 Å². The molecule has 2 aromatic rings. The van der Waals surface area contributed by atoms with E-state index in [0.717, 1.165) is 53.3 Å². The summed E-state index contributed by atoms with van der Waals surface area (Å²) < 4.78 is 18.9. The number of likely N-dealkylation sites (N-methyl/N-ethyl adjacent to an activating group) is 1. The summed E-state index contributed by atoms with van der Waals surface area (Å²) in [6, 6.07) is 0. The Labute approximate surface area is 170 Å². The first-order chi connectivity index (χ1) is 13.9. The van der Waals surface area contributed by atoms with Crippen LogP contribution in [0.1, 0.15) is 34.5 Å². The number of aryl methyl sites for hydroxylation is 2. The molecule has 29 heavy (non-hydrogen) atoms. The lowest BCUT2D eigenvalue weighted by atomic mass is 9.95. The molecule has 0 fully saturated rings. The lowest BCUT2D eigenvalue weighted by molar-refractivity contribution is -0.116. The standard InChI is InChI=1S/C21H28N4O4/c1-12-14(13(2)25(4)23-12)6-7-17(26)22-18-15-8-9-24(3)10-16(15)19(27-5)21-20(18)28-11-29-21/h6-11H2,1-5H3,(H,22,26). The lowest BCUT2D eigenvalue weighted by Crippen LogP contribution is -2.28. The van der Waals surface area contributed by atoms with E-state index >= 15 is 0 Å². The molecular weight excluding hydrogens is 372 g/mol. The maximum absolute atomic E-state index is 12.8. The van der Waals surface area contributed by atoms with Gasteiger partial charge in [0.2, 0.25) is 18.4 Å². The van der Waals surface area contributed by atoms with E-state index in [9.17, 15) is 4.79 Å². The summed E-state index contributed by atoms with van der Waals surface area (Å²) in [5, 5.41) is 7.54. The number of fused-ring (bicyclic) bond motifs is 2. The number of nitrogens with one attached hydrogen (secondary N) is 1. The zero-order valence-electron chi connectivity index (χ0n) is 17.7. The molecule has 8 heteroatoms. The van der Waals surface area contributed by atoms with Crippen molar-refractivity contribution in [2.24, 2.45) is 7.05 Å². The number of carbonyl (C=O) groups excluding carboxylic acids is 1. The molecule has 0 spiro atoms. The Balaban J connectivity index is 1.61. The molecule has 2 aliphatic heterocycles. The summed E-state index contributed by atoms with van der Waals surface area (Å²) in [5.41, 5.74) is 6.06. The van der Waals surface area contributed by atoms with Gasteiger partial charge in [-0.3, -0.25) is 9.48 Å². The van der Waals surface area contributed by atoms with E-state index in [0.29, 0.717) is 30.1 Å². The third-order valence-corrected chi connectivity index (χ3v) is 5.89. The normalized spacial score (nSPS) is 15.3. The summed E-state index contributed by atoms with van der Waals surface area (Å²) in [4.78, 5) is 15.1. The fourth-order valence-electron chi connectivity index (χ4n) is 4.26. The molecule has 1 N–H and O–H groups in total. The minimum Gasteiger partial charge on any atom is -0.492 e. The van der Waals surface area contributed by atoms with Gasteiger partial charge < -0.3 is 24.4 Å². The second-order valence-corrected chi connectivity index (χ2v) is 7.74. The van der Waals surface area contributed by atoms with Gasteiger partial charge in [-0.2, -0.15) is 5.10 Å². The van der Waals surface area contributed by atoms with Gasteiger partial charge in [0.05, 0.1) is 18.5 Å². The molecule has 156 valence electrons. The van der Waals surface area contributed by atoms with Crippen LogP contribution in [0.15, 0.2) is 0 Å². The smallest absolute Gasteiger partial charge is 0.231 e. The number of amides is 1. The van der Waals surface area contributed by atoms with Crippen molar-refractivity contribution in [1.29, 1.82) is 0 Å². The number of carbonyl (C=O) groups is 1. The number of hydrogen-bond donors (Lipinski definition) is 1. The van der Waals surface area contributed by atoms with E-state index in [1.807, 2.05) is 25.6 Å². The Bertz CT molecular complexity index is 967. The predicted octanol–water partition coefficient (Wildman–Crippen LogP) is 2.33. The molecule has 0 atom stereocenters. The average molecular weight is 400 g/mol. The van der Waals surface area contributed by atoms with Gasteiger partial charge in [-0.15, -0.1) is 0 Å². The van der Waals surface area contributed by atoms with Gasteiger partial charge in [0.15, 0.2) is 11.5 Å². The van der Waals surface area contributed by atoms with Crippen LogP contribution >= 0.6 is 0 Å². The second kappa shape index (κ2) is 7.59. The van der Waals surface area contributed by atoms with Crippen molar-refractivity contribution in [2.75, 3.05) is 32.8 Å². The first-order valence-corrected chi connectivity index (χ1v) is 9.89. The Morgan fingerprint density at radius 2 is 1.97 bits per heavy atom. The monoisotopic (exact) mass is 400 g/mol. The molecule has 3 heterocycles. The molecular formula is C21H28N4O4. The van der Waals surface area contributed by atoms with Crippen LogP contribution in [0.25, 0.3) is 0 Å². The van der Waals surface area contributed by atoms with Crippen molar-refractivity contribution >= 4 is 11.6 Å². The topological polar surface area (TPSA) is 77.8 Å². The number of nitrogens with zero attached hydrogens (tertiary/aromatic N) is 3. The SMILES string of the molecule is COc1c2c(c(NC(=O)CCc3c(C)nn(C)c3C)c3c1OCO3)CCN(C)C2. The zero-order valence-corrected chi connectivity index (χ0v) is 17.7. The first-order valence-electron chi connectivity index (χ1n) is 9.89. The first kappa shape index (κ1) is 19.6. The van der Waals surface area contributed by atoms with E-state index in [-0.39, 0.29) is 12.7 Å². The number of aromatic nitrogens is 2. The maximum Gasteiger partial charge on any atom is 0.231 e. The largest absolute Gasteiger partial charge is 0.492 e. The predicted molar refractivity (Wildman–Crippen MR) is 109 cm³/mol. The fraction of sp³-hybridized carbons (Fsp3) is 0.524. The van der Waals surface area contributed by atoms with Gasteiger partial charge in [0, 0.05) is 37.8 Å². The Morgan fingerprint density at radius 3 is 2.66 bits per heavy atom. The quantitative estimate of drug-likeness (QED) is 0.830. The zero-order chi connectivity index (χ0) is 20.7. The van der Waals surface area contributed by atoms with Crippen molar-refractivity contribution in [3.8, 4) is 17.2 Å². The molecule has 1 aromatic carbocycles. The maximum atomic E-state index is 12.8. The van der Waals surface area contributed by atoms with Crippen LogP contribution in [0.3, 0.4) is 0 Å². The third-order valence-electron chi connectivity index (χ3n) is 5.89. The van der Waals surface area contributed by atoms with Gasteiger partial charge in [0.25, 0.3) is 0 Å². The number of benzene rings is 1. The van der Waals surface area contributed by atoms with Crippen LogP contribution in [-0.4, -0.2) is 48.1 Å². The minimum absolute atomic E-state index is 0.0448. The molecule has 0 aliphatic carbocycles. The van der Waals surface area contributed by atoms with Crippen molar-refractivity contribution in [1.82, 2.24) is 14.7 Å². The summed E-state index contributed by atoms with van der Waals surface area (Å²) in [7, 11) is 5.64. The number of hydrogen-bond acceptors (Lipinski definition) is 6. The number of rotatable bonds is 5. The van der Waals surface area contributed by atoms with Crippen LogP contribution in [0, 0.1) is 13.8 Å². The molecule has 0 bridgehead atoms. The van der Waals surface area contributed by atoms with Crippen LogP contribution < -0.4 is 19.5 Å². The number of methoxy groups -OCH3 is 1. The van der Waals surface area contributed by atoms with Gasteiger partial charge in [-0.1, -0.05) is 0 Å². The molecule has 0 saturated carbocycles. The van der Waals surface area contributed by atoms with E-state index in [4.69, 9.17) is 14.2 Å². The number of ether oxygens (including phenoxy) is 3. The van der Waals surface area contributed by atoms with E-state index < -0.39 is 0 Å². The Morgan fingerprint density at radius 1 is 1.21 bits per heavy atom. The molecule has 2 aliphatic rings.